The number of hydrogen-bond donors (Lipinski definition) is 0. The van der Waals surface area contributed by atoms with Gasteiger partial charge in [-0.1, -0.05) is 11.6 Å². The first kappa shape index (κ1) is 13.3. The van der Waals surface area contributed by atoms with Gasteiger partial charge in [0.25, 0.3) is 0 Å². The van der Waals surface area contributed by atoms with Crippen molar-refractivity contribution in [3.05, 3.63) is 22.8 Å². The number of nitrogens with zero attached hydrogens (tertiary/aromatic N) is 2. The van der Waals surface area contributed by atoms with Crippen LogP contribution in [0.1, 0.15) is 5.56 Å². The van der Waals surface area contributed by atoms with Crippen molar-refractivity contribution in [3.8, 4) is 0 Å². The van der Waals surface area contributed by atoms with Gasteiger partial charge in [-0.05, 0) is 6.07 Å². The number of rotatable bonds is 2. The van der Waals surface area contributed by atoms with E-state index >= 15 is 0 Å². The molecule has 8 heteroatoms. The molecule has 0 atom stereocenters. The van der Waals surface area contributed by atoms with E-state index in [4.69, 9.17) is 11.6 Å². The minimum Gasteiger partial charge on any atom is -0.354 e. The molecular weight excluding hydrogens is 279 g/mol. The van der Waals surface area contributed by atoms with Crippen LogP contribution in [-0.4, -0.2) is 24.5 Å². The highest BCUT2D eigenvalue weighted by molar-refractivity contribution is 6.33. The van der Waals surface area contributed by atoms with Crippen molar-refractivity contribution >= 4 is 17.4 Å². The third-order valence-electron chi connectivity index (χ3n) is 2.71. The van der Waals surface area contributed by atoms with E-state index in [-0.39, 0.29) is 23.9 Å². The Kier molecular flexibility index (Phi) is 3.35. The lowest BCUT2D eigenvalue weighted by Gasteiger charge is -2.39. The highest BCUT2D eigenvalue weighted by Gasteiger charge is 2.37. The van der Waals surface area contributed by atoms with Crippen LogP contribution in [-0.2, 0) is 6.18 Å². The van der Waals surface area contributed by atoms with Crippen LogP contribution < -0.4 is 4.90 Å². The minimum absolute atomic E-state index is 0.0513. The van der Waals surface area contributed by atoms with Gasteiger partial charge in [0, 0.05) is 19.3 Å². The van der Waals surface area contributed by atoms with Gasteiger partial charge in [-0.3, -0.25) is 0 Å². The lowest BCUT2D eigenvalue weighted by atomic mass is 10.0. The van der Waals surface area contributed by atoms with E-state index in [0.717, 1.165) is 6.07 Å². The van der Waals surface area contributed by atoms with Crippen LogP contribution in [0, 0.1) is 5.92 Å². The first-order valence-corrected chi connectivity index (χ1v) is 5.42. The Labute approximate surface area is 104 Å². The first-order chi connectivity index (χ1) is 8.29. The maximum Gasteiger partial charge on any atom is 0.417 e. The largest absolute Gasteiger partial charge is 0.417 e. The Balaban J connectivity index is 2.13. The summed E-state index contributed by atoms with van der Waals surface area (Å²) in [6.07, 6.45) is -6.30. The fraction of sp³-hybridized carbons (Fsp3) is 0.500. The molecule has 2 nitrogen and oxygen atoms in total. The average Bonchev–Trinajstić information content (AvgIpc) is 2.15. The average molecular weight is 287 g/mol. The molecule has 0 amide bonds. The molecule has 0 aromatic carbocycles. The van der Waals surface area contributed by atoms with Crippen LogP contribution in [0.3, 0.4) is 0 Å². The summed E-state index contributed by atoms with van der Waals surface area (Å²) in [4.78, 5) is 5.02. The van der Waals surface area contributed by atoms with Crippen LogP contribution >= 0.6 is 11.6 Å². The van der Waals surface area contributed by atoms with E-state index in [1.54, 1.807) is 0 Å². The molecule has 1 fully saturated rings. The zero-order chi connectivity index (χ0) is 13.5. The van der Waals surface area contributed by atoms with Crippen molar-refractivity contribution in [1.82, 2.24) is 4.98 Å². The predicted molar refractivity (Wildman–Crippen MR) is 56.0 cm³/mol. The molecule has 0 bridgehead atoms. The second kappa shape index (κ2) is 4.53. The Morgan fingerprint density at radius 1 is 1.33 bits per heavy atom. The summed E-state index contributed by atoms with van der Waals surface area (Å²) in [6.45, 7) is 0.103. The van der Waals surface area contributed by atoms with E-state index in [2.05, 4.69) is 4.98 Å². The number of alkyl halides is 5. The second-order valence-corrected chi connectivity index (χ2v) is 4.43. The molecule has 2 heterocycles. The van der Waals surface area contributed by atoms with Gasteiger partial charge in [0.1, 0.15) is 5.82 Å². The summed E-state index contributed by atoms with van der Waals surface area (Å²) in [6, 6.07) is 0.750. The summed E-state index contributed by atoms with van der Waals surface area (Å²) in [7, 11) is 0. The third kappa shape index (κ3) is 2.50. The smallest absolute Gasteiger partial charge is 0.354 e. The second-order valence-electron chi connectivity index (χ2n) is 4.03. The number of anilines is 1. The van der Waals surface area contributed by atoms with Crippen molar-refractivity contribution in [1.29, 1.82) is 0 Å². The monoisotopic (exact) mass is 286 g/mol. The van der Waals surface area contributed by atoms with Crippen LogP contribution in [0.25, 0.3) is 0 Å². The van der Waals surface area contributed by atoms with Crippen molar-refractivity contribution in [2.24, 2.45) is 5.92 Å². The molecule has 0 radical (unpaired) electrons. The van der Waals surface area contributed by atoms with Crippen LogP contribution in [0.2, 0.25) is 5.02 Å². The Morgan fingerprint density at radius 2 is 1.94 bits per heavy atom. The molecule has 0 saturated carbocycles. The fourth-order valence-corrected chi connectivity index (χ4v) is 1.95. The maximum absolute atomic E-state index is 12.4. The Morgan fingerprint density at radius 3 is 2.39 bits per heavy atom. The van der Waals surface area contributed by atoms with Gasteiger partial charge in [-0.15, -0.1) is 0 Å². The van der Waals surface area contributed by atoms with Crippen molar-refractivity contribution < 1.29 is 22.0 Å². The number of pyridine rings is 1. The van der Waals surface area contributed by atoms with Gasteiger partial charge < -0.3 is 4.90 Å². The van der Waals surface area contributed by atoms with Gasteiger partial charge >= 0.3 is 6.18 Å². The lowest BCUT2D eigenvalue weighted by molar-refractivity contribution is -0.137. The highest BCUT2D eigenvalue weighted by atomic mass is 35.5. The maximum atomic E-state index is 12.4. The van der Waals surface area contributed by atoms with E-state index in [1.807, 2.05) is 0 Å². The molecule has 100 valence electrons. The topological polar surface area (TPSA) is 16.1 Å². The third-order valence-corrected chi connectivity index (χ3v) is 2.99. The normalized spacial score (nSPS) is 17.2. The van der Waals surface area contributed by atoms with Gasteiger partial charge in [-0.2, -0.15) is 13.2 Å². The highest BCUT2D eigenvalue weighted by Crippen LogP contribution is 2.36. The first-order valence-electron chi connectivity index (χ1n) is 5.05. The molecule has 18 heavy (non-hydrogen) atoms. The van der Waals surface area contributed by atoms with E-state index in [0.29, 0.717) is 6.20 Å². The van der Waals surface area contributed by atoms with Gasteiger partial charge in [-0.25, -0.2) is 13.8 Å². The van der Waals surface area contributed by atoms with Crippen molar-refractivity contribution in [2.45, 2.75) is 12.6 Å². The van der Waals surface area contributed by atoms with Crippen molar-refractivity contribution in [2.75, 3.05) is 18.0 Å². The lowest BCUT2D eigenvalue weighted by Crippen LogP contribution is -2.50. The van der Waals surface area contributed by atoms with E-state index in [1.165, 1.54) is 4.90 Å². The zero-order valence-corrected chi connectivity index (χ0v) is 9.64. The zero-order valence-electron chi connectivity index (χ0n) is 8.89. The molecule has 0 spiro atoms. The molecule has 1 aromatic heterocycles. The molecule has 1 aromatic rings. The van der Waals surface area contributed by atoms with Gasteiger partial charge in [0.2, 0.25) is 6.43 Å². The predicted octanol–water partition coefficient (Wildman–Crippen LogP) is 3.46. The molecule has 2 rings (SSSR count). The van der Waals surface area contributed by atoms with Crippen LogP contribution in [0.15, 0.2) is 12.3 Å². The SMILES string of the molecule is FC(F)C1CN(c2ncc(C(F)(F)F)cc2Cl)C1. The molecule has 1 saturated heterocycles. The number of hydrogen-bond acceptors (Lipinski definition) is 2. The fourth-order valence-electron chi connectivity index (χ4n) is 1.66. The molecule has 0 unspecified atom stereocenters. The summed E-state index contributed by atoms with van der Waals surface area (Å²) in [5, 5.41) is -0.183. The van der Waals surface area contributed by atoms with Crippen LogP contribution in [0.4, 0.5) is 27.8 Å². The quantitative estimate of drug-likeness (QED) is 0.774. The molecule has 0 aliphatic carbocycles. The minimum atomic E-state index is -4.52. The summed E-state index contributed by atoms with van der Waals surface area (Å²) in [5.41, 5.74) is -0.956. The number of halogens is 6. The Hall–Kier alpha value is -1.11. The standard InChI is InChI=1S/C10H8ClF5N2/c11-7-1-6(10(14,15)16)2-17-9(7)18-3-5(4-18)8(12)13/h1-2,5,8H,3-4H2. The molecular formula is C10H8ClF5N2. The molecule has 1 aliphatic rings. The van der Waals surface area contributed by atoms with E-state index < -0.39 is 24.1 Å². The summed E-state index contributed by atoms with van der Waals surface area (Å²) in [5.74, 6) is -0.660. The van der Waals surface area contributed by atoms with Gasteiger partial charge in [0.05, 0.1) is 16.5 Å². The molecule has 1 aliphatic heterocycles. The van der Waals surface area contributed by atoms with E-state index in [9.17, 15) is 22.0 Å². The molecule has 0 N–H and O–H groups in total. The van der Waals surface area contributed by atoms with Crippen molar-refractivity contribution in [3.63, 3.8) is 0 Å². The Bertz CT molecular complexity index is 442. The summed E-state index contributed by atoms with van der Waals surface area (Å²) < 4.78 is 61.6. The van der Waals surface area contributed by atoms with Crippen LogP contribution in [0.5, 0.6) is 0 Å². The van der Waals surface area contributed by atoms with Gasteiger partial charge in [0.15, 0.2) is 0 Å². The summed E-state index contributed by atoms with van der Waals surface area (Å²) >= 11 is 5.68. The number of aromatic nitrogens is 1.